The van der Waals surface area contributed by atoms with Crippen LogP contribution in [0.15, 0.2) is 41.6 Å². The summed E-state index contributed by atoms with van der Waals surface area (Å²) in [5, 5.41) is 3.48. The summed E-state index contributed by atoms with van der Waals surface area (Å²) in [5.41, 5.74) is -4.22. The highest BCUT2D eigenvalue weighted by atomic mass is 19.4. The van der Waals surface area contributed by atoms with Crippen molar-refractivity contribution in [2.45, 2.75) is 77.3 Å². The standard InChI is InChI=1S/C30H37F3N2O3/c1-3-24-14-26(10-11-27(24)17-35-15-23(16-35)18-37-20-36)21(2)34-38-19-22-9-12-28(25-7-5-4-6-8-25)29(13-22)30(31,32)33/h9-14,20,23,25H,3-8,15-19H2,1-2H3/b34-21+/i1D3,2D3,3D2,17D2,19D2. The fourth-order valence-corrected chi connectivity index (χ4v) is 4.81. The van der Waals surface area contributed by atoms with E-state index in [2.05, 4.69) is 5.16 Å². The molecule has 0 unspecified atom stereocenters. The fourth-order valence-electron chi connectivity index (χ4n) is 4.81. The maximum absolute atomic E-state index is 14.2. The molecule has 0 N–H and O–H groups in total. The van der Waals surface area contributed by atoms with Crippen LogP contribution in [0.3, 0.4) is 0 Å². The van der Waals surface area contributed by atoms with Gasteiger partial charge in [0.1, 0.15) is 6.56 Å². The molecule has 8 heteroatoms. The van der Waals surface area contributed by atoms with Crippen molar-refractivity contribution >= 4 is 12.2 Å². The quantitative estimate of drug-likeness (QED) is 0.177. The largest absolute Gasteiger partial charge is 0.468 e. The summed E-state index contributed by atoms with van der Waals surface area (Å²) in [6.45, 7) is -11.7. The number of hydrogen-bond acceptors (Lipinski definition) is 5. The number of alkyl halides is 3. The summed E-state index contributed by atoms with van der Waals surface area (Å²) in [6.07, 6.45) is -4.52. The molecule has 0 spiro atoms. The number of nitrogens with zero attached hydrogens (tertiary/aromatic N) is 2. The van der Waals surface area contributed by atoms with E-state index in [1.807, 2.05) is 0 Å². The summed E-state index contributed by atoms with van der Waals surface area (Å²) in [7, 11) is 0. The summed E-state index contributed by atoms with van der Waals surface area (Å²) in [5.74, 6) is -0.602. The number of oxime groups is 1. The van der Waals surface area contributed by atoms with E-state index in [9.17, 15) is 18.0 Å². The smallest absolute Gasteiger partial charge is 0.416 e. The van der Waals surface area contributed by atoms with Gasteiger partial charge in [-0.3, -0.25) is 9.69 Å². The van der Waals surface area contributed by atoms with Crippen LogP contribution in [-0.2, 0) is 40.0 Å². The normalized spacial score (nSPS) is 24.2. The first-order valence-electron chi connectivity index (χ1n) is 18.3. The second kappa shape index (κ2) is 12.8. The molecule has 1 aliphatic heterocycles. The van der Waals surface area contributed by atoms with E-state index in [1.165, 1.54) is 11.0 Å². The highest BCUT2D eigenvalue weighted by Crippen LogP contribution is 2.41. The molecule has 0 atom stereocenters. The van der Waals surface area contributed by atoms with E-state index < -0.39 is 72.8 Å². The topological polar surface area (TPSA) is 51.1 Å². The molecule has 2 aliphatic rings. The van der Waals surface area contributed by atoms with Gasteiger partial charge in [-0.2, -0.15) is 13.2 Å². The predicted octanol–water partition coefficient (Wildman–Crippen LogP) is 6.86. The van der Waals surface area contributed by atoms with Crippen LogP contribution in [0.2, 0.25) is 0 Å². The van der Waals surface area contributed by atoms with E-state index in [4.69, 9.17) is 26.0 Å². The maximum atomic E-state index is 14.2. The van der Waals surface area contributed by atoms with Crippen LogP contribution in [0, 0.1) is 5.92 Å². The van der Waals surface area contributed by atoms with E-state index in [0.29, 0.717) is 18.9 Å². The minimum atomic E-state index is -4.82. The number of hydrogen-bond donors (Lipinski definition) is 0. The number of halogens is 3. The summed E-state index contributed by atoms with van der Waals surface area (Å²) in [4.78, 5) is 16.8. The molecule has 0 amide bonds. The molecule has 2 aromatic carbocycles. The Bertz CT molecular complexity index is 1570. The molecule has 38 heavy (non-hydrogen) atoms. The van der Waals surface area contributed by atoms with Gasteiger partial charge >= 0.3 is 6.18 Å². The Kier molecular flexibility index (Phi) is 5.48. The van der Waals surface area contributed by atoms with Crippen LogP contribution in [0.5, 0.6) is 0 Å². The van der Waals surface area contributed by atoms with Crippen molar-refractivity contribution in [3.63, 3.8) is 0 Å². The summed E-state index contributed by atoms with van der Waals surface area (Å²) in [6, 6.07) is 5.74. The molecule has 4 rings (SSSR count). The first kappa shape index (κ1) is 16.3. The average molecular weight is 543 g/mol. The molecule has 1 saturated heterocycles. The molecule has 1 saturated carbocycles. The summed E-state index contributed by atoms with van der Waals surface area (Å²) < 4.78 is 146. The van der Waals surface area contributed by atoms with Gasteiger partial charge in [-0.25, -0.2) is 0 Å². The number of ether oxygens (including phenoxy) is 1. The van der Waals surface area contributed by atoms with Gasteiger partial charge in [-0.15, -0.1) is 0 Å². The van der Waals surface area contributed by atoms with Crippen LogP contribution in [0.4, 0.5) is 13.2 Å². The molecule has 0 aromatic heterocycles. The highest BCUT2D eigenvalue weighted by molar-refractivity contribution is 5.98. The van der Waals surface area contributed by atoms with Gasteiger partial charge in [0.05, 0.1) is 20.6 Å². The van der Waals surface area contributed by atoms with Crippen molar-refractivity contribution in [2.75, 3.05) is 19.7 Å². The zero-order chi connectivity index (χ0) is 37.5. The minimum Gasteiger partial charge on any atom is -0.468 e. The van der Waals surface area contributed by atoms with Crippen LogP contribution < -0.4 is 0 Å². The SMILES string of the molecule is [2H]C([2H])([2H])/C(=N\OC([2H])([2H])c1ccc(C2CCCCC2)c(C(F)(F)F)c1)c1ccc(C([2H])([2H])N2CC(COC=O)C2)c(C([2H])([2H])C([2H])([2H])[2H])c1. The van der Waals surface area contributed by atoms with E-state index in [0.717, 1.165) is 43.5 Å². The lowest BCUT2D eigenvalue weighted by molar-refractivity contribution is -0.138. The molecule has 0 bridgehead atoms. The van der Waals surface area contributed by atoms with Crippen LogP contribution in [0.25, 0.3) is 0 Å². The first-order valence-corrected chi connectivity index (χ1v) is 12.3. The van der Waals surface area contributed by atoms with Gasteiger partial charge in [0.25, 0.3) is 6.47 Å². The number of carbonyl (C=O) groups excluding carboxylic acids is 1. The second-order valence-electron chi connectivity index (χ2n) is 9.47. The number of rotatable bonds is 11. The van der Waals surface area contributed by atoms with E-state index >= 15 is 0 Å². The predicted molar refractivity (Wildman–Crippen MR) is 141 cm³/mol. The van der Waals surface area contributed by atoms with Crippen LogP contribution >= 0.6 is 0 Å². The molecular weight excluding hydrogens is 493 g/mol. The Morgan fingerprint density at radius 1 is 1.16 bits per heavy atom. The third-order valence-corrected chi connectivity index (χ3v) is 6.77. The Morgan fingerprint density at radius 3 is 2.68 bits per heavy atom. The van der Waals surface area contributed by atoms with Crippen molar-refractivity contribution in [1.82, 2.24) is 4.90 Å². The van der Waals surface area contributed by atoms with Gasteiger partial charge in [0.2, 0.25) is 0 Å². The minimum absolute atomic E-state index is 0.00600. The van der Waals surface area contributed by atoms with Crippen molar-refractivity contribution < 1.29 is 44.0 Å². The average Bonchev–Trinajstić information content (AvgIpc) is 2.98. The second-order valence-corrected chi connectivity index (χ2v) is 9.47. The molecule has 0 radical (unpaired) electrons. The molecular formula is C30H37F3N2O3. The molecule has 1 heterocycles. The number of likely N-dealkylation sites (tertiary alicyclic amines) is 1. The molecule has 5 nitrogen and oxygen atoms in total. The van der Waals surface area contributed by atoms with E-state index in [-0.39, 0.29) is 43.6 Å². The van der Waals surface area contributed by atoms with Crippen molar-refractivity contribution in [2.24, 2.45) is 11.1 Å². The van der Waals surface area contributed by atoms with Crippen LogP contribution in [-0.4, -0.2) is 36.8 Å². The molecule has 1 aliphatic carbocycles. The third kappa shape index (κ3) is 7.16. The van der Waals surface area contributed by atoms with Gasteiger partial charge in [-0.1, -0.05) is 55.5 Å². The fraction of sp³-hybridized carbons (Fsp3) is 0.533. The Balaban J connectivity index is 1.75. The first-order chi connectivity index (χ1) is 22.9. The number of benzene rings is 2. The lowest BCUT2D eigenvalue weighted by Crippen LogP contribution is -2.48. The zero-order valence-electron chi connectivity index (χ0n) is 32.6. The van der Waals surface area contributed by atoms with Crippen LogP contribution in [0.1, 0.15) is 102 Å². The van der Waals surface area contributed by atoms with Gasteiger partial charge < -0.3 is 9.57 Å². The van der Waals surface area contributed by atoms with E-state index in [1.54, 1.807) is 0 Å². The highest BCUT2D eigenvalue weighted by Gasteiger charge is 2.36. The van der Waals surface area contributed by atoms with Gasteiger partial charge in [0, 0.05) is 39.2 Å². The number of aryl methyl sites for hydroxylation is 1. The van der Waals surface area contributed by atoms with Crippen molar-refractivity contribution in [1.29, 1.82) is 0 Å². The maximum Gasteiger partial charge on any atom is 0.416 e. The Morgan fingerprint density at radius 2 is 1.97 bits per heavy atom. The molecule has 2 fully saturated rings. The van der Waals surface area contributed by atoms with Gasteiger partial charge in [-0.05, 0) is 71.9 Å². The van der Waals surface area contributed by atoms with Crippen molar-refractivity contribution in [3.05, 3.63) is 69.8 Å². The summed E-state index contributed by atoms with van der Waals surface area (Å²) >= 11 is 0. The third-order valence-electron chi connectivity index (χ3n) is 6.77. The molecule has 2 aromatic rings. The molecule has 206 valence electrons. The lowest BCUT2D eigenvalue weighted by atomic mass is 9.81. The monoisotopic (exact) mass is 542 g/mol. The Labute approximate surface area is 239 Å². The van der Waals surface area contributed by atoms with Gasteiger partial charge in [0.15, 0.2) is 0 Å². The zero-order valence-corrected chi connectivity index (χ0v) is 20.6. The number of carbonyl (C=O) groups is 1. The lowest BCUT2D eigenvalue weighted by Gasteiger charge is -2.39. The van der Waals surface area contributed by atoms with Crippen molar-refractivity contribution in [3.8, 4) is 0 Å². The Hall–Kier alpha value is -2.87.